The highest BCUT2D eigenvalue weighted by Gasteiger charge is 2.39. The average Bonchev–Trinajstić information content (AvgIpc) is 3.17. The number of carbonyl (C=O) groups is 1. The van der Waals surface area contributed by atoms with Crippen LogP contribution >= 0.6 is 0 Å². The molecule has 2 fully saturated rings. The van der Waals surface area contributed by atoms with Crippen LogP contribution in [0.15, 0.2) is 24.3 Å². The molecule has 1 amide bonds. The van der Waals surface area contributed by atoms with Crippen molar-refractivity contribution in [1.82, 2.24) is 9.80 Å². The Bertz CT molecular complexity index is 557. The molecule has 2 heterocycles. The van der Waals surface area contributed by atoms with Gasteiger partial charge in [-0.25, -0.2) is 0 Å². The molecule has 1 atom stereocenters. The van der Waals surface area contributed by atoms with Crippen LogP contribution in [0.2, 0.25) is 0 Å². The third-order valence-electron chi connectivity index (χ3n) is 4.89. The van der Waals surface area contributed by atoms with Gasteiger partial charge in [0.25, 0.3) is 0 Å². The Morgan fingerprint density at radius 2 is 2.09 bits per heavy atom. The van der Waals surface area contributed by atoms with E-state index in [0.717, 1.165) is 24.4 Å². The molecule has 0 aromatic heterocycles. The van der Waals surface area contributed by atoms with Gasteiger partial charge < -0.3 is 19.6 Å². The summed E-state index contributed by atoms with van der Waals surface area (Å²) in [6, 6.07) is 7.60. The zero-order valence-corrected chi connectivity index (χ0v) is 13.8. The van der Waals surface area contributed by atoms with Crippen LogP contribution in [-0.4, -0.2) is 66.2 Å². The maximum Gasteiger partial charge on any atom is 0.227 e. The van der Waals surface area contributed by atoms with Crippen LogP contribution in [0.4, 0.5) is 0 Å². The molecule has 1 N–H and O–H groups in total. The second-order valence-electron chi connectivity index (χ2n) is 6.80. The lowest BCUT2D eigenvalue weighted by Gasteiger charge is -2.28. The van der Waals surface area contributed by atoms with Crippen molar-refractivity contribution in [3.63, 3.8) is 0 Å². The molecular formula is C18H26N2O3. The molecule has 5 nitrogen and oxygen atoms in total. The fourth-order valence-electron chi connectivity index (χ4n) is 3.62. The number of likely N-dealkylation sites (tertiary alicyclic amines) is 2. The molecule has 2 saturated heterocycles. The highest BCUT2D eigenvalue weighted by atomic mass is 16.5. The number of nitrogens with zero attached hydrogens (tertiary/aromatic N) is 2. The zero-order valence-electron chi connectivity index (χ0n) is 13.8. The Morgan fingerprint density at radius 1 is 1.30 bits per heavy atom. The summed E-state index contributed by atoms with van der Waals surface area (Å²) in [5.74, 6) is 0.845. The third-order valence-corrected chi connectivity index (χ3v) is 4.89. The average molecular weight is 318 g/mol. The smallest absolute Gasteiger partial charge is 0.227 e. The summed E-state index contributed by atoms with van der Waals surface area (Å²) >= 11 is 0. The maximum atomic E-state index is 12.5. The Kier molecular flexibility index (Phi) is 4.87. The number of β-amino-alcohol motifs (C(OH)–C–C–N with tert-alkyl or cyclic N) is 1. The van der Waals surface area contributed by atoms with Gasteiger partial charge in [-0.2, -0.15) is 0 Å². The molecule has 126 valence electrons. The van der Waals surface area contributed by atoms with E-state index in [1.165, 1.54) is 12.8 Å². The Morgan fingerprint density at radius 3 is 2.83 bits per heavy atom. The maximum absolute atomic E-state index is 12.5. The summed E-state index contributed by atoms with van der Waals surface area (Å²) in [6.07, 6.45) is 3.47. The van der Waals surface area contributed by atoms with E-state index in [4.69, 9.17) is 4.74 Å². The minimum absolute atomic E-state index is 0.0793. The second kappa shape index (κ2) is 6.89. The molecular weight excluding hydrogens is 292 g/mol. The third kappa shape index (κ3) is 4.03. The summed E-state index contributed by atoms with van der Waals surface area (Å²) in [5, 5.41) is 10.8. The van der Waals surface area contributed by atoms with Gasteiger partial charge >= 0.3 is 0 Å². The predicted molar refractivity (Wildman–Crippen MR) is 88.5 cm³/mol. The monoisotopic (exact) mass is 318 g/mol. The van der Waals surface area contributed by atoms with E-state index >= 15 is 0 Å². The number of aliphatic hydroxyl groups is 1. The van der Waals surface area contributed by atoms with Crippen molar-refractivity contribution in [1.29, 1.82) is 0 Å². The molecule has 0 unspecified atom stereocenters. The molecule has 2 aliphatic heterocycles. The molecule has 1 aromatic rings. The molecule has 3 rings (SSSR count). The second-order valence-corrected chi connectivity index (χ2v) is 6.80. The summed E-state index contributed by atoms with van der Waals surface area (Å²) < 4.78 is 5.20. The predicted octanol–water partition coefficient (Wildman–Crippen LogP) is 1.30. The number of hydrogen-bond donors (Lipinski definition) is 1. The SMILES string of the molecule is COc1cccc(CC(=O)N2CC[C@](O)(CN3CCCC3)C2)c1. The lowest BCUT2D eigenvalue weighted by molar-refractivity contribution is -0.130. The highest BCUT2D eigenvalue weighted by Crippen LogP contribution is 2.25. The normalized spacial score (nSPS) is 25.0. The number of carbonyl (C=O) groups excluding carboxylic acids is 1. The summed E-state index contributed by atoms with van der Waals surface area (Å²) in [5.41, 5.74) is 0.207. The van der Waals surface area contributed by atoms with E-state index in [2.05, 4.69) is 4.90 Å². The Hall–Kier alpha value is -1.59. The van der Waals surface area contributed by atoms with E-state index in [0.29, 0.717) is 32.5 Å². The Balaban J connectivity index is 1.56. The molecule has 0 saturated carbocycles. The number of ether oxygens (including phenoxy) is 1. The van der Waals surface area contributed by atoms with Crippen LogP contribution in [-0.2, 0) is 11.2 Å². The van der Waals surface area contributed by atoms with E-state index in [-0.39, 0.29) is 5.91 Å². The van der Waals surface area contributed by atoms with Gasteiger partial charge in [0.05, 0.1) is 25.7 Å². The zero-order chi connectivity index (χ0) is 16.3. The molecule has 0 bridgehead atoms. The van der Waals surface area contributed by atoms with Crippen LogP contribution in [0.5, 0.6) is 5.75 Å². The van der Waals surface area contributed by atoms with Gasteiger partial charge in [0.2, 0.25) is 5.91 Å². The van der Waals surface area contributed by atoms with E-state index in [1.54, 1.807) is 12.0 Å². The summed E-state index contributed by atoms with van der Waals surface area (Å²) in [6.45, 7) is 3.93. The first-order valence-corrected chi connectivity index (χ1v) is 8.43. The quantitative estimate of drug-likeness (QED) is 0.889. The van der Waals surface area contributed by atoms with Crippen molar-refractivity contribution >= 4 is 5.91 Å². The van der Waals surface area contributed by atoms with Gasteiger partial charge in [-0.1, -0.05) is 12.1 Å². The van der Waals surface area contributed by atoms with Crippen molar-refractivity contribution in [2.75, 3.05) is 39.8 Å². The fraction of sp³-hybridized carbons (Fsp3) is 0.611. The van der Waals surface area contributed by atoms with Crippen LogP contribution in [0, 0.1) is 0 Å². The first kappa shape index (κ1) is 16.3. The van der Waals surface area contributed by atoms with Gasteiger partial charge in [-0.3, -0.25) is 4.79 Å². The van der Waals surface area contributed by atoms with E-state index < -0.39 is 5.60 Å². The largest absolute Gasteiger partial charge is 0.497 e. The first-order chi connectivity index (χ1) is 11.1. The molecule has 0 aliphatic carbocycles. The van der Waals surface area contributed by atoms with Gasteiger partial charge in [0, 0.05) is 13.1 Å². The van der Waals surface area contributed by atoms with Crippen LogP contribution in [0.1, 0.15) is 24.8 Å². The van der Waals surface area contributed by atoms with Gasteiger partial charge in [-0.15, -0.1) is 0 Å². The summed E-state index contributed by atoms with van der Waals surface area (Å²) in [7, 11) is 1.62. The Labute approximate surface area is 137 Å². The minimum atomic E-state index is -0.742. The molecule has 0 radical (unpaired) electrons. The topological polar surface area (TPSA) is 53.0 Å². The molecule has 5 heteroatoms. The van der Waals surface area contributed by atoms with Crippen LogP contribution in [0.3, 0.4) is 0 Å². The summed E-state index contributed by atoms with van der Waals surface area (Å²) in [4.78, 5) is 16.6. The standard InChI is InChI=1S/C18H26N2O3/c1-23-16-6-4-5-15(11-16)12-17(21)20-10-7-18(22,14-20)13-19-8-2-3-9-19/h4-6,11,22H,2-3,7-10,12-14H2,1H3/t18-/m0/s1. The molecule has 23 heavy (non-hydrogen) atoms. The molecule has 0 spiro atoms. The number of amides is 1. The highest BCUT2D eigenvalue weighted by molar-refractivity contribution is 5.79. The van der Waals surface area contributed by atoms with Crippen molar-refractivity contribution in [3.05, 3.63) is 29.8 Å². The first-order valence-electron chi connectivity index (χ1n) is 8.43. The van der Waals surface area contributed by atoms with E-state index in [9.17, 15) is 9.90 Å². The fourth-order valence-corrected chi connectivity index (χ4v) is 3.62. The number of benzene rings is 1. The molecule has 2 aliphatic rings. The van der Waals surface area contributed by atoms with Crippen molar-refractivity contribution in [2.24, 2.45) is 0 Å². The lowest BCUT2D eigenvalue weighted by Crippen LogP contribution is -2.45. The number of rotatable bonds is 5. The van der Waals surface area contributed by atoms with Crippen molar-refractivity contribution in [2.45, 2.75) is 31.3 Å². The van der Waals surface area contributed by atoms with Crippen molar-refractivity contribution < 1.29 is 14.6 Å². The van der Waals surface area contributed by atoms with Gasteiger partial charge in [-0.05, 0) is 50.0 Å². The van der Waals surface area contributed by atoms with Gasteiger partial charge in [0.1, 0.15) is 5.75 Å². The minimum Gasteiger partial charge on any atom is -0.497 e. The van der Waals surface area contributed by atoms with Crippen molar-refractivity contribution in [3.8, 4) is 5.75 Å². The number of methoxy groups -OCH3 is 1. The van der Waals surface area contributed by atoms with E-state index in [1.807, 2.05) is 24.3 Å². The lowest BCUT2D eigenvalue weighted by atomic mass is 10.0. The molecule has 1 aromatic carbocycles. The van der Waals surface area contributed by atoms with Crippen LogP contribution in [0.25, 0.3) is 0 Å². The number of hydrogen-bond acceptors (Lipinski definition) is 4. The van der Waals surface area contributed by atoms with Crippen LogP contribution < -0.4 is 4.74 Å². The van der Waals surface area contributed by atoms with Gasteiger partial charge in [0.15, 0.2) is 0 Å².